The monoisotopic (exact) mass is 1570 g/mol. The number of benzene rings is 5. The second-order valence-electron chi connectivity index (χ2n) is 14.1. The summed E-state index contributed by atoms with van der Waals surface area (Å²) < 4.78 is 0. The first kappa shape index (κ1) is 56.1. The second-order valence-corrected chi connectivity index (χ2v) is 14.1. The standard InChI is InChI=1S/C17H13N2.C13H13N2.C12H11N2.C11H9N2.4Ir/c1-13-16(14-8-4-2-5-9-14)17(19-12-18-13)15-10-6-3-7-11-15;1-10(2)12-8-13(15-9-14-12)11-6-4-3-5-7-11;1-9-8-12(14-10(2)13-9)11-6-4-3-5-7-11;1-9-7-11(13-8-12-9)10-5-3-2-4-6-10;;;;/h2-10,12H,1H3;3-6,8-10H,1-2H3;3-6,8H,1-2H3;2-5,7-8H,1H3;;;;/q4*-1;;;;. The van der Waals surface area contributed by atoms with Gasteiger partial charge < -0.3 is 0 Å². The van der Waals surface area contributed by atoms with Crippen molar-refractivity contribution in [3.05, 3.63) is 217 Å². The Morgan fingerprint density at radius 3 is 1.37 bits per heavy atom. The van der Waals surface area contributed by atoms with Gasteiger partial charge in [0.15, 0.2) is 0 Å². The maximum atomic E-state index is 4.44. The van der Waals surface area contributed by atoms with E-state index in [0.29, 0.717) is 5.92 Å². The minimum absolute atomic E-state index is 0. The molecule has 0 spiro atoms. The van der Waals surface area contributed by atoms with Gasteiger partial charge in [-0.2, -0.15) is 0 Å². The maximum Gasteiger partial charge on any atom is 0.116 e. The van der Waals surface area contributed by atoms with Crippen LogP contribution in [0.2, 0.25) is 0 Å². The van der Waals surface area contributed by atoms with E-state index in [0.717, 1.165) is 84.8 Å². The van der Waals surface area contributed by atoms with E-state index < -0.39 is 0 Å². The van der Waals surface area contributed by atoms with Gasteiger partial charge in [-0.3, -0.25) is 19.9 Å². The molecular formula is C53H46Ir4N8-4. The molecule has 0 bridgehead atoms. The zero-order valence-electron chi connectivity index (χ0n) is 36.6. The van der Waals surface area contributed by atoms with Gasteiger partial charge in [-0.05, 0) is 67.5 Å². The predicted molar refractivity (Wildman–Crippen MR) is 244 cm³/mol. The van der Waals surface area contributed by atoms with Crippen molar-refractivity contribution >= 4 is 0 Å². The number of hydrogen-bond acceptors (Lipinski definition) is 8. The summed E-state index contributed by atoms with van der Waals surface area (Å²) in [6, 6.07) is 60.2. The Morgan fingerprint density at radius 1 is 0.415 bits per heavy atom. The van der Waals surface area contributed by atoms with Crippen molar-refractivity contribution in [2.24, 2.45) is 0 Å². The van der Waals surface area contributed by atoms with Crippen LogP contribution in [-0.4, -0.2) is 39.9 Å². The first-order valence-electron chi connectivity index (χ1n) is 19.9. The van der Waals surface area contributed by atoms with Gasteiger partial charge in [0, 0.05) is 103 Å². The van der Waals surface area contributed by atoms with Crippen molar-refractivity contribution in [3.63, 3.8) is 0 Å². The molecule has 12 heteroatoms. The van der Waals surface area contributed by atoms with Crippen LogP contribution in [0.15, 0.2) is 165 Å². The summed E-state index contributed by atoms with van der Waals surface area (Å²) in [4.78, 5) is 34.1. The fraction of sp³-hybridized carbons (Fsp3) is 0.132. The Bertz CT molecular complexity index is 2690. The van der Waals surface area contributed by atoms with Gasteiger partial charge in [-0.25, -0.2) is 19.9 Å². The van der Waals surface area contributed by atoms with Gasteiger partial charge in [-0.1, -0.05) is 62.4 Å². The van der Waals surface area contributed by atoms with Crippen molar-refractivity contribution in [2.45, 2.75) is 47.5 Å². The minimum Gasteiger partial charge on any atom is -0.286 e. The van der Waals surface area contributed by atoms with E-state index >= 15 is 0 Å². The molecule has 0 aliphatic rings. The number of hydrogen-bond donors (Lipinski definition) is 0. The third kappa shape index (κ3) is 17.4. The van der Waals surface area contributed by atoms with Crippen molar-refractivity contribution in [1.29, 1.82) is 0 Å². The molecule has 4 aromatic heterocycles. The first-order valence-corrected chi connectivity index (χ1v) is 19.9. The Morgan fingerprint density at radius 2 is 0.877 bits per heavy atom. The average Bonchev–Trinajstić information content (AvgIpc) is 3.31. The first-order chi connectivity index (χ1) is 29.7. The molecule has 0 fully saturated rings. The van der Waals surface area contributed by atoms with Crippen LogP contribution in [0.4, 0.5) is 0 Å². The predicted octanol–water partition coefficient (Wildman–Crippen LogP) is 11.8. The van der Waals surface area contributed by atoms with E-state index in [1.807, 2.05) is 161 Å². The number of nitrogens with zero attached hydrogens (tertiary/aromatic N) is 8. The molecule has 0 aliphatic heterocycles. The van der Waals surface area contributed by atoms with Crippen LogP contribution in [0.5, 0.6) is 0 Å². The van der Waals surface area contributed by atoms with E-state index in [1.54, 1.807) is 19.0 Å². The fourth-order valence-corrected chi connectivity index (χ4v) is 6.12. The zero-order valence-corrected chi connectivity index (χ0v) is 46.2. The van der Waals surface area contributed by atoms with Gasteiger partial charge in [0.1, 0.15) is 24.8 Å². The van der Waals surface area contributed by atoms with Crippen LogP contribution in [0.3, 0.4) is 0 Å². The van der Waals surface area contributed by atoms with Gasteiger partial charge in [0.25, 0.3) is 0 Å². The van der Waals surface area contributed by atoms with Gasteiger partial charge >= 0.3 is 0 Å². The molecule has 0 N–H and O–H groups in total. The van der Waals surface area contributed by atoms with Crippen molar-refractivity contribution < 1.29 is 80.4 Å². The summed E-state index contributed by atoms with van der Waals surface area (Å²) in [5.74, 6) is 1.23. The SMILES string of the molecule is CC(C)c1cc(-c2[c-]cccc2)ncn1.Cc1cc(-c2[c-]cccc2)nc(C)n1.Cc1cc(-c2[c-]cccc2)ncn1.Cc1ncnc(-c2[c-]cccc2)c1-c1ccccc1.[Ir].[Ir].[Ir].[Ir]. The molecule has 338 valence electrons. The van der Waals surface area contributed by atoms with E-state index in [1.165, 1.54) is 0 Å². The molecule has 65 heavy (non-hydrogen) atoms. The molecule has 5 aromatic carbocycles. The van der Waals surface area contributed by atoms with E-state index in [2.05, 4.69) is 90.1 Å². The molecule has 0 unspecified atom stereocenters. The Balaban J connectivity index is 0.000000295. The van der Waals surface area contributed by atoms with E-state index in [4.69, 9.17) is 0 Å². The van der Waals surface area contributed by atoms with Crippen molar-refractivity contribution in [3.8, 4) is 56.2 Å². The quantitative estimate of drug-likeness (QED) is 0.152. The summed E-state index contributed by atoms with van der Waals surface area (Å²) in [6.07, 6.45) is 4.80. The zero-order chi connectivity index (χ0) is 42.8. The summed E-state index contributed by atoms with van der Waals surface area (Å²) in [7, 11) is 0. The average molecular weight is 1560 g/mol. The molecule has 0 atom stereocenters. The van der Waals surface area contributed by atoms with Crippen LogP contribution in [0.25, 0.3) is 56.2 Å². The molecule has 0 saturated heterocycles. The molecule has 9 rings (SSSR count). The van der Waals surface area contributed by atoms with Gasteiger partial charge in [0.05, 0.1) is 0 Å². The van der Waals surface area contributed by atoms with Crippen LogP contribution in [0, 0.1) is 52.0 Å². The normalized spacial score (nSPS) is 9.65. The van der Waals surface area contributed by atoms with Crippen LogP contribution in [0.1, 0.15) is 48.4 Å². The van der Waals surface area contributed by atoms with Crippen LogP contribution < -0.4 is 0 Å². The molecule has 0 aliphatic carbocycles. The van der Waals surface area contributed by atoms with Crippen molar-refractivity contribution in [2.75, 3.05) is 0 Å². The third-order valence-corrected chi connectivity index (χ3v) is 9.07. The van der Waals surface area contributed by atoms with Crippen LogP contribution >= 0.6 is 0 Å². The fourth-order valence-electron chi connectivity index (χ4n) is 6.12. The molecule has 4 radical (unpaired) electrons. The molecule has 8 nitrogen and oxygen atoms in total. The Hall–Kier alpha value is -4.98. The second kappa shape index (κ2) is 29.5. The maximum absolute atomic E-state index is 4.44. The smallest absolute Gasteiger partial charge is 0.116 e. The summed E-state index contributed by atoms with van der Waals surface area (Å²) in [5.41, 5.74) is 14.0. The van der Waals surface area contributed by atoms with Crippen molar-refractivity contribution in [1.82, 2.24) is 39.9 Å². The molecule has 4 heterocycles. The van der Waals surface area contributed by atoms with Gasteiger partial charge in [0.2, 0.25) is 0 Å². The molecular weight excluding hydrogens is 1520 g/mol. The number of aryl methyl sites for hydroxylation is 4. The molecule has 9 aromatic rings. The number of aromatic nitrogens is 8. The number of rotatable bonds is 6. The largest absolute Gasteiger partial charge is 0.286 e. The van der Waals surface area contributed by atoms with Crippen LogP contribution in [-0.2, 0) is 80.4 Å². The third-order valence-electron chi connectivity index (χ3n) is 9.07. The Labute approximate surface area is 437 Å². The van der Waals surface area contributed by atoms with E-state index in [-0.39, 0.29) is 80.4 Å². The Kier molecular flexibility index (Phi) is 25.5. The summed E-state index contributed by atoms with van der Waals surface area (Å²) >= 11 is 0. The summed E-state index contributed by atoms with van der Waals surface area (Å²) in [6.45, 7) is 12.1. The topological polar surface area (TPSA) is 103 Å². The minimum atomic E-state index is 0. The summed E-state index contributed by atoms with van der Waals surface area (Å²) in [5, 5.41) is 0. The molecule has 0 amide bonds. The molecule has 0 saturated carbocycles. The van der Waals surface area contributed by atoms with Gasteiger partial charge in [-0.15, -0.1) is 144 Å². The van der Waals surface area contributed by atoms with E-state index in [9.17, 15) is 0 Å².